The maximum Gasteiger partial charge on any atom is 0.316 e. The van der Waals surface area contributed by atoms with Crippen LogP contribution in [0.3, 0.4) is 0 Å². The van der Waals surface area contributed by atoms with Gasteiger partial charge in [-0.25, -0.2) is 0 Å². The van der Waals surface area contributed by atoms with E-state index in [2.05, 4.69) is 23.3 Å². The summed E-state index contributed by atoms with van der Waals surface area (Å²) in [5.41, 5.74) is 0. The molecule has 0 aliphatic rings. The van der Waals surface area contributed by atoms with E-state index in [0.29, 0.717) is 18.8 Å². The van der Waals surface area contributed by atoms with Crippen molar-refractivity contribution in [3.63, 3.8) is 0 Å². The normalized spacial score (nSPS) is 13.7. The van der Waals surface area contributed by atoms with Crippen LogP contribution in [-0.2, 0) is 33.3 Å². The minimum atomic E-state index is -1.11. The summed E-state index contributed by atoms with van der Waals surface area (Å²) in [6, 6.07) is 0. The lowest BCUT2D eigenvalue weighted by Crippen LogP contribution is -2.29. The molecule has 24 heavy (non-hydrogen) atoms. The predicted molar refractivity (Wildman–Crippen MR) is 87.1 cm³/mol. The number of esters is 2. The molecule has 0 aliphatic carbocycles. The Bertz CT molecular complexity index is 402. The summed E-state index contributed by atoms with van der Waals surface area (Å²) in [5, 5.41) is 0. The van der Waals surface area contributed by atoms with Gasteiger partial charge < -0.3 is 18.9 Å². The third-order valence-electron chi connectivity index (χ3n) is 4.20. The van der Waals surface area contributed by atoms with E-state index >= 15 is 0 Å². The minimum Gasteiger partial charge on any atom is -0.469 e. The van der Waals surface area contributed by atoms with Crippen molar-refractivity contribution in [3.8, 4) is 0 Å². The summed E-state index contributed by atoms with van der Waals surface area (Å²) in [6.45, 7) is 4.12. The molecule has 0 spiro atoms. The largest absolute Gasteiger partial charge is 0.469 e. The van der Waals surface area contributed by atoms with E-state index in [0.717, 1.165) is 0 Å². The average molecular weight is 346 g/mol. The van der Waals surface area contributed by atoms with Crippen LogP contribution in [0, 0.1) is 17.8 Å². The van der Waals surface area contributed by atoms with Gasteiger partial charge in [0.25, 0.3) is 0 Å². The molecular formula is C17H30O7. The fourth-order valence-corrected chi connectivity index (χ4v) is 2.48. The first-order valence-electron chi connectivity index (χ1n) is 8.03. The highest BCUT2D eigenvalue weighted by Gasteiger charge is 2.31. The van der Waals surface area contributed by atoms with E-state index < -0.39 is 17.9 Å². The Morgan fingerprint density at radius 2 is 1.50 bits per heavy atom. The van der Waals surface area contributed by atoms with E-state index in [9.17, 15) is 14.4 Å². The van der Waals surface area contributed by atoms with Gasteiger partial charge in [0.15, 0.2) is 6.29 Å². The van der Waals surface area contributed by atoms with Crippen molar-refractivity contribution < 1.29 is 33.3 Å². The van der Waals surface area contributed by atoms with Crippen LogP contribution in [0.25, 0.3) is 0 Å². The van der Waals surface area contributed by atoms with Crippen LogP contribution in [0.2, 0.25) is 0 Å². The molecule has 1 unspecified atom stereocenters. The van der Waals surface area contributed by atoms with Crippen molar-refractivity contribution in [2.24, 2.45) is 17.8 Å². The van der Waals surface area contributed by atoms with Gasteiger partial charge in [0.05, 0.1) is 20.6 Å². The van der Waals surface area contributed by atoms with Gasteiger partial charge in [-0.15, -0.1) is 0 Å². The summed E-state index contributed by atoms with van der Waals surface area (Å²) >= 11 is 0. The second kappa shape index (κ2) is 12.0. The lowest BCUT2D eigenvalue weighted by molar-refractivity contribution is -0.155. The first-order valence-corrected chi connectivity index (χ1v) is 8.03. The highest BCUT2D eigenvalue weighted by Crippen LogP contribution is 2.25. The number of carbonyl (C=O) groups excluding carboxylic acids is 3. The quantitative estimate of drug-likeness (QED) is 0.303. The zero-order valence-corrected chi connectivity index (χ0v) is 15.5. The van der Waals surface area contributed by atoms with Gasteiger partial charge in [0.2, 0.25) is 0 Å². The third-order valence-corrected chi connectivity index (χ3v) is 4.20. The number of ether oxygens (including phenoxy) is 4. The fourth-order valence-electron chi connectivity index (χ4n) is 2.48. The predicted octanol–water partition coefficient (Wildman–Crippen LogP) is 1.97. The number of ketones is 1. The molecule has 0 rings (SSSR count). The van der Waals surface area contributed by atoms with Gasteiger partial charge in [0, 0.05) is 27.1 Å². The Balaban J connectivity index is 4.81. The first kappa shape index (κ1) is 22.5. The van der Waals surface area contributed by atoms with Crippen LogP contribution >= 0.6 is 0 Å². The van der Waals surface area contributed by atoms with Crippen LogP contribution in [0.4, 0.5) is 0 Å². The van der Waals surface area contributed by atoms with Crippen LogP contribution in [0.1, 0.15) is 39.5 Å². The van der Waals surface area contributed by atoms with Gasteiger partial charge in [0.1, 0.15) is 11.7 Å². The van der Waals surface area contributed by atoms with Gasteiger partial charge in [-0.05, 0) is 18.3 Å². The average Bonchev–Trinajstić information content (AvgIpc) is 2.58. The van der Waals surface area contributed by atoms with Crippen molar-refractivity contribution in [2.75, 3.05) is 28.4 Å². The molecule has 140 valence electrons. The van der Waals surface area contributed by atoms with Crippen LogP contribution in [0.15, 0.2) is 0 Å². The van der Waals surface area contributed by atoms with Gasteiger partial charge >= 0.3 is 11.9 Å². The lowest BCUT2D eigenvalue weighted by atomic mass is 9.85. The third kappa shape index (κ3) is 7.88. The number of carbonyl (C=O) groups is 3. The second-order valence-corrected chi connectivity index (χ2v) is 6.00. The number of Topliss-reactive ketones (excluding diaryl/α,β-unsaturated/α-hetero) is 1. The van der Waals surface area contributed by atoms with Crippen LogP contribution < -0.4 is 0 Å². The summed E-state index contributed by atoms with van der Waals surface area (Å²) < 4.78 is 19.6. The number of hydrogen-bond acceptors (Lipinski definition) is 7. The highest BCUT2D eigenvalue weighted by molar-refractivity contribution is 6.01. The first-order chi connectivity index (χ1) is 11.3. The van der Waals surface area contributed by atoms with E-state index in [1.807, 2.05) is 0 Å². The van der Waals surface area contributed by atoms with E-state index in [-0.39, 0.29) is 30.8 Å². The number of methoxy groups -OCH3 is 4. The molecule has 0 aliphatic heterocycles. The Labute approximate surface area is 144 Å². The van der Waals surface area contributed by atoms with Gasteiger partial charge in [-0.1, -0.05) is 13.8 Å². The van der Waals surface area contributed by atoms with Crippen molar-refractivity contribution >= 4 is 17.7 Å². The molecule has 0 fully saturated rings. The fraction of sp³-hybridized carbons (Fsp3) is 0.824. The molecular weight excluding hydrogens is 316 g/mol. The number of rotatable bonds is 12. The van der Waals surface area contributed by atoms with E-state index in [1.165, 1.54) is 14.2 Å². The molecule has 0 amide bonds. The summed E-state index contributed by atoms with van der Waals surface area (Å²) in [4.78, 5) is 35.5. The zero-order chi connectivity index (χ0) is 18.7. The highest BCUT2D eigenvalue weighted by atomic mass is 16.7. The second-order valence-electron chi connectivity index (χ2n) is 6.00. The molecule has 7 heteroatoms. The Morgan fingerprint density at radius 3 is 1.92 bits per heavy atom. The van der Waals surface area contributed by atoms with E-state index in [1.54, 1.807) is 14.2 Å². The standard InChI is InChI=1S/C17H30O7/c1-11(2)12(9-16(22-4)23-5)7-8-14(18)13(17(20)24-6)10-15(19)21-3/h11-13,16H,7-10H2,1-6H3/t12-,13?/m1/s1. The lowest BCUT2D eigenvalue weighted by Gasteiger charge is -2.25. The topological polar surface area (TPSA) is 88.1 Å². The molecule has 7 nitrogen and oxygen atoms in total. The molecule has 0 aromatic rings. The zero-order valence-electron chi connectivity index (χ0n) is 15.5. The van der Waals surface area contributed by atoms with Crippen molar-refractivity contribution in [2.45, 2.75) is 45.8 Å². The monoisotopic (exact) mass is 346 g/mol. The van der Waals surface area contributed by atoms with Gasteiger partial charge in [-0.2, -0.15) is 0 Å². The minimum absolute atomic E-state index is 0.180. The van der Waals surface area contributed by atoms with Crippen molar-refractivity contribution in [3.05, 3.63) is 0 Å². The molecule has 2 atom stereocenters. The Hall–Kier alpha value is -1.47. The van der Waals surface area contributed by atoms with Crippen molar-refractivity contribution in [1.82, 2.24) is 0 Å². The molecule has 0 radical (unpaired) electrons. The smallest absolute Gasteiger partial charge is 0.316 e. The summed E-state index contributed by atoms with van der Waals surface area (Å²) in [7, 11) is 5.55. The molecule has 0 saturated heterocycles. The maximum atomic E-state index is 12.4. The maximum absolute atomic E-state index is 12.4. The molecule has 0 bridgehead atoms. The SMILES string of the molecule is COC(=O)CC(C(=O)CC[C@H](CC(OC)OC)C(C)C)C(=O)OC. The van der Waals surface area contributed by atoms with Crippen LogP contribution in [-0.4, -0.2) is 52.5 Å². The molecule has 0 N–H and O–H groups in total. The van der Waals surface area contributed by atoms with Crippen LogP contribution in [0.5, 0.6) is 0 Å². The van der Waals surface area contributed by atoms with E-state index in [4.69, 9.17) is 9.47 Å². The van der Waals surface area contributed by atoms with Gasteiger partial charge in [-0.3, -0.25) is 14.4 Å². The number of hydrogen-bond donors (Lipinski definition) is 0. The van der Waals surface area contributed by atoms with Crippen molar-refractivity contribution in [1.29, 1.82) is 0 Å². The molecule has 0 aromatic heterocycles. The molecule has 0 aromatic carbocycles. The summed E-state index contributed by atoms with van der Waals surface area (Å²) in [6.07, 6.45) is 0.776. The Kier molecular flexibility index (Phi) is 11.2. The molecule has 0 heterocycles. The molecule has 0 saturated carbocycles. The Morgan fingerprint density at radius 1 is 0.917 bits per heavy atom. The summed E-state index contributed by atoms with van der Waals surface area (Å²) in [5.74, 6) is -2.24.